The SMILES string of the molecule is [2H]C([2H])([2H])N1C(=O)c2cccc(OC(F)F)c2[C@H]2C[C@@H]1c1nc3ccc(C#CC4CCCN(C(=O)OC(C)(C)C)C4)cc3n12. The van der Waals surface area contributed by atoms with Gasteiger partial charge in [0.1, 0.15) is 17.2 Å². The summed E-state index contributed by atoms with van der Waals surface area (Å²) < 4.78 is 63.5. The average Bonchev–Trinajstić information content (AvgIpc) is 3.43. The van der Waals surface area contributed by atoms with Gasteiger partial charge in [-0.3, -0.25) is 4.79 Å². The number of aromatic nitrogens is 2. The van der Waals surface area contributed by atoms with Gasteiger partial charge in [0.25, 0.3) is 5.91 Å². The summed E-state index contributed by atoms with van der Waals surface area (Å²) in [6.45, 7) is 0.613. The monoisotopic (exact) mass is 565 g/mol. The van der Waals surface area contributed by atoms with Crippen LogP contribution in [0.25, 0.3) is 11.0 Å². The zero-order valence-electron chi connectivity index (χ0n) is 26.0. The number of rotatable bonds is 2. The molecule has 2 aromatic carbocycles. The van der Waals surface area contributed by atoms with Crippen molar-refractivity contribution in [2.45, 2.75) is 64.3 Å². The van der Waals surface area contributed by atoms with Gasteiger partial charge in [0.2, 0.25) is 0 Å². The van der Waals surface area contributed by atoms with Gasteiger partial charge < -0.3 is 23.8 Å². The summed E-state index contributed by atoms with van der Waals surface area (Å²) in [6.07, 6.45) is 1.42. The quantitative estimate of drug-likeness (QED) is 0.370. The van der Waals surface area contributed by atoms with Crippen LogP contribution in [0.5, 0.6) is 5.75 Å². The molecule has 3 aromatic rings. The Balaban J connectivity index is 1.39. The molecular formula is C31H32F2N4O4. The maximum Gasteiger partial charge on any atom is 0.410 e. The van der Waals surface area contributed by atoms with E-state index in [1.807, 2.05) is 37.5 Å². The number of carbonyl (C=O) groups excluding carboxylic acids is 2. The first-order valence-electron chi connectivity index (χ1n) is 15.1. The third-order valence-electron chi connectivity index (χ3n) is 7.64. The Bertz CT molecular complexity index is 1710. The van der Waals surface area contributed by atoms with E-state index in [1.54, 1.807) is 11.0 Å². The molecule has 3 aliphatic rings. The van der Waals surface area contributed by atoms with Crippen LogP contribution in [0.2, 0.25) is 0 Å². The highest BCUT2D eigenvalue weighted by Crippen LogP contribution is 2.50. The fourth-order valence-electron chi connectivity index (χ4n) is 5.96. The molecule has 6 rings (SSSR count). The standard InChI is InChI=1S/C31H32F2N4O4/c1-31(2,3)41-30(39)36-14-6-7-19(17-36)11-10-18-12-13-21-22(15-18)37-23-16-24(27(37)34-21)35(4)28(38)20-8-5-9-25(26(20)23)40-29(32)33/h5,8-9,12-13,15,19,23-24,29H,6-7,14,16-17H2,1-4H3/t19?,23-,24-/m1/s1/i4D3. The van der Waals surface area contributed by atoms with Crippen molar-refractivity contribution in [1.82, 2.24) is 19.4 Å². The third-order valence-corrected chi connectivity index (χ3v) is 7.64. The molecule has 0 N–H and O–H groups in total. The molecule has 3 aliphatic heterocycles. The van der Waals surface area contributed by atoms with Crippen molar-refractivity contribution in [2.24, 2.45) is 5.92 Å². The van der Waals surface area contributed by atoms with Gasteiger partial charge in [-0.1, -0.05) is 17.9 Å². The highest BCUT2D eigenvalue weighted by atomic mass is 19.3. The fraction of sp³-hybridized carbons (Fsp3) is 0.452. The van der Waals surface area contributed by atoms with Gasteiger partial charge in [0, 0.05) is 53.2 Å². The minimum Gasteiger partial charge on any atom is -0.444 e. The minimum atomic E-state index is -3.14. The number of halogens is 2. The van der Waals surface area contributed by atoms with E-state index in [2.05, 4.69) is 11.8 Å². The zero-order valence-corrected chi connectivity index (χ0v) is 23.0. The molecule has 2 amide bonds. The Hall–Kier alpha value is -4.13. The summed E-state index contributed by atoms with van der Waals surface area (Å²) in [4.78, 5) is 33.4. The first-order valence-corrected chi connectivity index (χ1v) is 13.6. The lowest BCUT2D eigenvalue weighted by Crippen LogP contribution is -2.42. The van der Waals surface area contributed by atoms with Crippen LogP contribution in [-0.2, 0) is 4.74 Å². The summed E-state index contributed by atoms with van der Waals surface area (Å²) >= 11 is 0. The molecule has 1 fully saturated rings. The summed E-state index contributed by atoms with van der Waals surface area (Å²) in [5.41, 5.74) is 1.48. The third kappa shape index (κ3) is 4.98. The smallest absolute Gasteiger partial charge is 0.410 e. The van der Waals surface area contributed by atoms with Crippen molar-refractivity contribution < 1.29 is 32.0 Å². The second-order valence-electron chi connectivity index (χ2n) is 11.6. The molecule has 2 bridgehead atoms. The van der Waals surface area contributed by atoms with Crippen LogP contribution in [0.1, 0.15) is 83.5 Å². The van der Waals surface area contributed by atoms with E-state index in [0.29, 0.717) is 35.5 Å². The first-order chi connectivity index (χ1) is 20.7. The van der Waals surface area contributed by atoms with Crippen LogP contribution >= 0.6 is 0 Å². The molecule has 8 nitrogen and oxygen atoms in total. The molecule has 1 unspecified atom stereocenters. The maximum atomic E-state index is 13.6. The summed E-state index contributed by atoms with van der Waals surface area (Å²) in [5.74, 6) is 5.84. The Labute approximate surface area is 241 Å². The Morgan fingerprint density at radius 3 is 2.80 bits per heavy atom. The summed E-state index contributed by atoms with van der Waals surface area (Å²) in [5, 5.41) is 0. The molecular weight excluding hydrogens is 530 g/mol. The maximum absolute atomic E-state index is 13.6. The van der Waals surface area contributed by atoms with Crippen LogP contribution < -0.4 is 4.74 Å². The number of likely N-dealkylation sites (tertiary alicyclic amines) is 1. The average molecular weight is 566 g/mol. The topological polar surface area (TPSA) is 76.9 Å². The number of hydrogen-bond acceptors (Lipinski definition) is 5. The van der Waals surface area contributed by atoms with Gasteiger partial charge in [-0.2, -0.15) is 8.78 Å². The van der Waals surface area contributed by atoms with Crippen molar-refractivity contribution in [3.05, 3.63) is 58.9 Å². The molecule has 41 heavy (non-hydrogen) atoms. The molecule has 4 heterocycles. The molecule has 0 aliphatic carbocycles. The Morgan fingerprint density at radius 2 is 2.05 bits per heavy atom. The Morgan fingerprint density at radius 1 is 1.22 bits per heavy atom. The highest BCUT2D eigenvalue weighted by Gasteiger charge is 2.45. The molecule has 1 aromatic heterocycles. The van der Waals surface area contributed by atoms with Crippen LogP contribution in [0, 0.1) is 17.8 Å². The van der Waals surface area contributed by atoms with Crippen molar-refractivity contribution >= 4 is 23.0 Å². The van der Waals surface area contributed by atoms with E-state index in [1.165, 1.54) is 18.2 Å². The zero-order chi connectivity index (χ0) is 31.6. The second kappa shape index (κ2) is 10.1. The number of imidazole rings is 1. The fourth-order valence-corrected chi connectivity index (χ4v) is 5.96. The number of carbonyl (C=O) groups is 2. The van der Waals surface area contributed by atoms with E-state index in [4.69, 9.17) is 18.6 Å². The molecule has 0 spiro atoms. The number of hydrogen-bond donors (Lipinski definition) is 0. The van der Waals surface area contributed by atoms with Crippen LogP contribution in [0.3, 0.4) is 0 Å². The van der Waals surface area contributed by atoms with Gasteiger partial charge in [0.15, 0.2) is 0 Å². The minimum absolute atomic E-state index is 0.00191. The number of amides is 2. The lowest BCUT2D eigenvalue weighted by molar-refractivity contribution is -0.0507. The van der Waals surface area contributed by atoms with Crippen LogP contribution in [-0.4, -0.2) is 63.6 Å². The number of fused-ring (bicyclic) bond motifs is 9. The number of alkyl halides is 2. The van der Waals surface area contributed by atoms with E-state index in [9.17, 15) is 18.4 Å². The summed E-state index contributed by atoms with van der Waals surface area (Å²) in [7, 11) is 0. The number of benzene rings is 2. The van der Waals surface area contributed by atoms with Crippen molar-refractivity contribution in [2.75, 3.05) is 20.1 Å². The molecule has 214 valence electrons. The van der Waals surface area contributed by atoms with Gasteiger partial charge in [-0.05, 0) is 63.9 Å². The first kappa shape index (κ1) is 23.6. The highest BCUT2D eigenvalue weighted by molar-refractivity contribution is 5.97. The van der Waals surface area contributed by atoms with E-state index in [-0.39, 0.29) is 35.3 Å². The van der Waals surface area contributed by atoms with Crippen molar-refractivity contribution in [1.29, 1.82) is 0 Å². The van der Waals surface area contributed by atoms with Crippen molar-refractivity contribution in [3.63, 3.8) is 0 Å². The second-order valence-corrected chi connectivity index (χ2v) is 11.6. The molecule has 10 heteroatoms. The van der Waals surface area contributed by atoms with E-state index < -0.39 is 37.2 Å². The van der Waals surface area contributed by atoms with Gasteiger partial charge in [-0.15, -0.1) is 0 Å². The lowest BCUT2D eigenvalue weighted by Gasteiger charge is -2.32. The van der Waals surface area contributed by atoms with E-state index >= 15 is 0 Å². The normalized spacial score (nSPS) is 23.1. The molecule has 0 saturated carbocycles. The predicted molar refractivity (Wildman–Crippen MR) is 148 cm³/mol. The van der Waals surface area contributed by atoms with Gasteiger partial charge in [0.05, 0.1) is 23.1 Å². The molecule has 1 saturated heterocycles. The lowest BCUT2D eigenvalue weighted by atomic mass is 9.97. The Kier molecular flexibility index (Phi) is 5.78. The van der Waals surface area contributed by atoms with Gasteiger partial charge in [-0.25, -0.2) is 9.78 Å². The van der Waals surface area contributed by atoms with Gasteiger partial charge >= 0.3 is 12.7 Å². The molecule has 0 radical (unpaired) electrons. The number of piperidine rings is 1. The summed E-state index contributed by atoms with van der Waals surface area (Å²) in [6, 6.07) is 8.03. The van der Waals surface area contributed by atoms with E-state index in [0.717, 1.165) is 17.7 Å². The predicted octanol–water partition coefficient (Wildman–Crippen LogP) is 5.76. The largest absolute Gasteiger partial charge is 0.444 e. The number of ether oxygens (including phenoxy) is 2. The number of nitrogens with zero attached hydrogens (tertiary/aromatic N) is 4. The molecule has 3 atom stereocenters. The van der Waals surface area contributed by atoms with Crippen LogP contribution in [0.15, 0.2) is 36.4 Å². The van der Waals surface area contributed by atoms with Crippen molar-refractivity contribution in [3.8, 4) is 17.6 Å². The van der Waals surface area contributed by atoms with Crippen LogP contribution in [0.4, 0.5) is 13.6 Å².